The maximum absolute atomic E-state index is 12.4. The van der Waals surface area contributed by atoms with Crippen molar-refractivity contribution in [2.24, 2.45) is 0 Å². The van der Waals surface area contributed by atoms with Gasteiger partial charge in [0, 0.05) is 17.1 Å². The van der Waals surface area contributed by atoms with E-state index in [4.69, 9.17) is 16.1 Å². The lowest BCUT2D eigenvalue weighted by Crippen LogP contribution is -2.39. The molecule has 6 nitrogen and oxygen atoms in total. The number of halogens is 1. The average Bonchev–Trinajstić information content (AvgIpc) is 2.98. The Balaban J connectivity index is 1.99. The highest BCUT2D eigenvalue weighted by atomic mass is 35.5. The van der Waals surface area contributed by atoms with E-state index in [0.717, 1.165) is 12.0 Å². The molecule has 0 saturated heterocycles. The van der Waals surface area contributed by atoms with Gasteiger partial charge in [-0.05, 0) is 38.6 Å². The molecule has 1 amide bonds. The Labute approximate surface area is 140 Å². The molecule has 0 aliphatic carbocycles. The number of carbonyl (C=O) groups excluding carboxylic acids is 1. The predicted octanol–water partition coefficient (Wildman–Crippen LogP) is 3.05. The maximum atomic E-state index is 12.4. The lowest BCUT2D eigenvalue weighted by atomic mass is 10.2. The molecule has 1 aromatic carbocycles. The summed E-state index contributed by atoms with van der Waals surface area (Å²) in [6, 6.07) is 5.08. The first-order valence-electron chi connectivity index (χ1n) is 7.50. The van der Waals surface area contributed by atoms with Crippen molar-refractivity contribution >= 4 is 23.2 Å². The molecule has 7 heteroatoms. The van der Waals surface area contributed by atoms with Crippen LogP contribution in [0.4, 0.5) is 5.69 Å². The van der Waals surface area contributed by atoms with Crippen molar-refractivity contribution in [2.45, 2.75) is 39.8 Å². The van der Waals surface area contributed by atoms with Crippen molar-refractivity contribution in [1.82, 2.24) is 15.0 Å². The van der Waals surface area contributed by atoms with E-state index < -0.39 is 0 Å². The van der Waals surface area contributed by atoms with Crippen molar-refractivity contribution < 1.29 is 9.32 Å². The normalized spacial score (nSPS) is 12.4. The van der Waals surface area contributed by atoms with Crippen molar-refractivity contribution in [2.75, 3.05) is 12.4 Å². The van der Waals surface area contributed by atoms with Gasteiger partial charge >= 0.3 is 0 Å². The summed E-state index contributed by atoms with van der Waals surface area (Å²) < 4.78 is 5.16. The van der Waals surface area contributed by atoms with E-state index in [0.29, 0.717) is 29.0 Å². The number of hydrogen-bond acceptors (Lipinski definition) is 5. The van der Waals surface area contributed by atoms with E-state index in [9.17, 15) is 4.79 Å². The fourth-order valence-corrected chi connectivity index (χ4v) is 2.20. The van der Waals surface area contributed by atoms with Gasteiger partial charge in [0.2, 0.25) is 11.8 Å². The molecule has 1 unspecified atom stereocenters. The van der Waals surface area contributed by atoms with Crippen LogP contribution >= 0.6 is 11.6 Å². The Morgan fingerprint density at radius 1 is 1.48 bits per heavy atom. The molecule has 2 rings (SSSR count). The molecule has 2 aromatic rings. The molecule has 0 fully saturated rings. The maximum Gasteiger partial charge on any atom is 0.241 e. The minimum Gasteiger partial charge on any atom is -0.338 e. The number of aromatic nitrogens is 2. The van der Waals surface area contributed by atoms with E-state index >= 15 is 0 Å². The molecule has 0 radical (unpaired) electrons. The second-order valence-corrected chi connectivity index (χ2v) is 5.86. The number of anilines is 1. The molecule has 1 aromatic heterocycles. The van der Waals surface area contributed by atoms with Crippen LogP contribution in [0.3, 0.4) is 0 Å². The summed E-state index contributed by atoms with van der Waals surface area (Å²) in [5.74, 6) is 1.05. The number of nitrogens with zero attached hydrogens (tertiary/aromatic N) is 3. The Hall–Kier alpha value is -1.92. The number of nitrogens with one attached hydrogen (secondary N) is 1. The van der Waals surface area contributed by atoms with E-state index in [1.807, 2.05) is 44.9 Å². The second kappa shape index (κ2) is 7.57. The first-order valence-corrected chi connectivity index (χ1v) is 7.87. The third kappa shape index (κ3) is 4.30. The van der Waals surface area contributed by atoms with Crippen LogP contribution in [-0.2, 0) is 17.8 Å². The minimum absolute atomic E-state index is 0.118. The van der Waals surface area contributed by atoms with Gasteiger partial charge in [0.25, 0.3) is 0 Å². The standard InChI is InChI=1S/C16H21ClN4O2/c1-5-14-19-15(23-20-14)9-21(4)11(3)16(22)18-13-8-6-7-12(17)10(13)2/h6-8,11H,5,9H2,1-4H3,(H,18,22). The largest absolute Gasteiger partial charge is 0.338 e. The van der Waals surface area contributed by atoms with E-state index in [2.05, 4.69) is 15.5 Å². The van der Waals surface area contributed by atoms with Crippen molar-refractivity contribution in [3.63, 3.8) is 0 Å². The molecule has 1 N–H and O–H groups in total. The van der Waals surface area contributed by atoms with Crippen molar-refractivity contribution in [3.8, 4) is 0 Å². The second-order valence-electron chi connectivity index (χ2n) is 5.45. The molecule has 23 heavy (non-hydrogen) atoms. The first-order chi connectivity index (χ1) is 10.9. The number of likely N-dealkylation sites (N-methyl/N-ethyl adjacent to an activating group) is 1. The van der Waals surface area contributed by atoms with Gasteiger partial charge in [-0.1, -0.05) is 29.7 Å². The fraction of sp³-hybridized carbons (Fsp3) is 0.438. The topological polar surface area (TPSA) is 71.3 Å². The number of hydrogen-bond donors (Lipinski definition) is 1. The zero-order valence-electron chi connectivity index (χ0n) is 13.8. The Bertz CT molecular complexity index is 686. The van der Waals surface area contributed by atoms with Gasteiger partial charge < -0.3 is 9.84 Å². The number of rotatable bonds is 6. The van der Waals surface area contributed by atoms with Crippen LogP contribution in [0, 0.1) is 6.92 Å². The number of benzene rings is 1. The Morgan fingerprint density at radius 3 is 2.87 bits per heavy atom. The molecule has 0 saturated carbocycles. The summed E-state index contributed by atoms with van der Waals surface area (Å²) in [7, 11) is 1.84. The highest BCUT2D eigenvalue weighted by Gasteiger charge is 2.21. The summed E-state index contributed by atoms with van der Waals surface area (Å²) in [4.78, 5) is 18.5. The minimum atomic E-state index is -0.356. The molecule has 1 heterocycles. The van der Waals surface area contributed by atoms with Crippen LogP contribution in [0.2, 0.25) is 5.02 Å². The quantitative estimate of drug-likeness (QED) is 0.877. The van der Waals surface area contributed by atoms with Crippen LogP contribution in [0.1, 0.15) is 31.1 Å². The summed E-state index contributed by atoms with van der Waals surface area (Å²) in [6.45, 7) is 6.07. The average molecular weight is 337 g/mol. The highest BCUT2D eigenvalue weighted by molar-refractivity contribution is 6.31. The van der Waals surface area contributed by atoms with E-state index in [-0.39, 0.29) is 11.9 Å². The van der Waals surface area contributed by atoms with E-state index in [1.165, 1.54) is 0 Å². The Morgan fingerprint density at radius 2 is 2.22 bits per heavy atom. The molecule has 1 atom stereocenters. The first kappa shape index (κ1) is 17.4. The molecular formula is C16H21ClN4O2. The van der Waals surface area contributed by atoms with Crippen LogP contribution < -0.4 is 5.32 Å². The van der Waals surface area contributed by atoms with Crippen molar-refractivity contribution in [3.05, 3.63) is 40.5 Å². The van der Waals surface area contributed by atoms with Gasteiger partial charge in [0.15, 0.2) is 5.82 Å². The smallest absolute Gasteiger partial charge is 0.241 e. The summed E-state index contributed by atoms with van der Waals surface area (Å²) in [5.41, 5.74) is 1.57. The van der Waals surface area contributed by atoms with Gasteiger partial charge in [-0.15, -0.1) is 0 Å². The monoisotopic (exact) mass is 336 g/mol. The molecule has 0 aliphatic rings. The fourth-order valence-electron chi connectivity index (χ4n) is 2.03. The number of carbonyl (C=O) groups is 1. The van der Waals surface area contributed by atoms with Crippen LogP contribution in [0.15, 0.2) is 22.7 Å². The summed E-state index contributed by atoms with van der Waals surface area (Å²) >= 11 is 6.07. The van der Waals surface area contributed by atoms with Gasteiger partial charge in [0.05, 0.1) is 12.6 Å². The van der Waals surface area contributed by atoms with Gasteiger partial charge in [-0.2, -0.15) is 4.98 Å². The zero-order valence-corrected chi connectivity index (χ0v) is 14.5. The Kier molecular flexibility index (Phi) is 5.74. The van der Waals surface area contributed by atoms with Crippen molar-refractivity contribution in [1.29, 1.82) is 0 Å². The van der Waals surface area contributed by atoms with Gasteiger partial charge in [0.1, 0.15) is 0 Å². The molecule has 124 valence electrons. The molecular weight excluding hydrogens is 316 g/mol. The molecule has 0 bridgehead atoms. The lowest BCUT2D eigenvalue weighted by molar-refractivity contribution is -0.120. The SMILES string of the molecule is CCc1noc(CN(C)C(C)C(=O)Nc2cccc(Cl)c2C)n1. The zero-order chi connectivity index (χ0) is 17.0. The number of amides is 1. The van der Waals surface area contributed by atoms with Crippen LogP contribution in [0.5, 0.6) is 0 Å². The summed E-state index contributed by atoms with van der Waals surface area (Å²) in [6.07, 6.45) is 0.720. The highest BCUT2D eigenvalue weighted by Crippen LogP contribution is 2.23. The van der Waals surface area contributed by atoms with Crippen LogP contribution in [-0.4, -0.2) is 34.0 Å². The molecule has 0 spiro atoms. The van der Waals surface area contributed by atoms with Crippen LogP contribution in [0.25, 0.3) is 0 Å². The van der Waals surface area contributed by atoms with E-state index in [1.54, 1.807) is 6.07 Å². The predicted molar refractivity (Wildman–Crippen MR) is 89.4 cm³/mol. The van der Waals surface area contributed by atoms with Gasteiger partial charge in [-0.25, -0.2) is 0 Å². The lowest BCUT2D eigenvalue weighted by Gasteiger charge is -2.22. The molecule has 0 aliphatic heterocycles. The number of aryl methyl sites for hydroxylation is 1. The third-order valence-corrected chi connectivity index (χ3v) is 4.19. The van der Waals surface area contributed by atoms with Gasteiger partial charge in [-0.3, -0.25) is 9.69 Å². The third-order valence-electron chi connectivity index (χ3n) is 3.78. The summed E-state index contributed by atoms with van der Waals surface area (Å²) in [5, 5.41) is 7.38.